The Morgan fingerprint density at radius 3 is 2.39 bits per heavy atom. The van der Waals surface area contributed by atoms with Crippen LogP contribution in [0.4, 0.5) is 0 Å². The summed E-state index contributed by atoms with van der Waals surface area (Å²) in [5.41, 5.74) is 5.76. The van der Waals surface area contributed by atoms with E-state index in [-0.39, 0.29) is 35.1 Å². The van der Waals surface area contributed by atoms with E-state index in [1.165, 1.54) is 19.1 Å². The standard InChI is InChI=1S/C11H21N3O2S.HI/c1-14(9-3-4-9)10(12)13-7-11(5-6-11)8-17(2,15)16;/h9H,3-8H2,1-2H3,(H2,12,13);1H. The Morgan fingerprint density at radius 2 is 2.00 bits per heavy atom. The third-order valence-electron chi connectivity index (χ3n) is 3.56. The monoisotopic (exact) mass is 387 g/mol. The molecule has 0 aromatic heterocycles. The van der Waals surface area contributed by atoms with Crippen molar-refractivity contribution >= 4 is 39.8 Å². The Hall–Kier alpha value is -0.0500. The predicted molar refractivity (Wildman–Crippen MR) is 84.1 cm³/mol. The lowest BCUT2D eigenvalue weighted by atomic mass is 10.1. The Morgan fingerprint density at radius 1 is 1.44 bits per heavy atom. The fraction of sp³-hybridized carbons (Fsp3) is 0.909. The molecule has 0 radical (unpaired) electrons. The molecule has 0 heterocycles. The number of nitrogens with two attached hydrogens (primary N) is 1. The molecule has 2 fully saturated rings. The van der Waals surface area contributed by atoms with Crippen LogP contribution in [0.3, 0.4) is 0 Å². The van der Waals surface area contributed by atoms with Crippen LogP contribution in [0, 0.1) is 5.41 Å². The third-order valence-corrected chi connectivity index (χ3v) is 4.69. The smallest absolute Gasteiger partial charge is 0.191 e. The molecule has 18 heavy (non-hydrogen) atoms. The topological polar surface area (TPSA) is 75.8 Å². The van der Waals surface area contributed by atoms with Gasteiger partial charge in [0, 0.05) is 31.3 Å². The van der Waals surface area contributed by atoms with E-state index in [1.54, 1.807) is 0 Å². The van der Waals surface area contributed by atoms with E-state index in [2.05, 4.69) is 4.99 Å². The van der Waals surface area contributed by atoms with E-state index >= 15 is 0 Å². The first-order valence-corrected chi connectivity index (χ1v) is 8.08. The number of aliphatic imine (C=N–C) groups is 1. The van der Waals surface area contributed by atoms with Crippen molar-refractivity contribution in [1.82, 2.24) is 4.90 Å². The summed E-state index contributed by atoms with van der Waals surface area (Å²) in [7, 11) is -0.964. The van der Waals surface area contributed by atoms with Gasteiger partial charge in [-0.1, -0.05) is 0 Å². The predicted octanol–water partition coefficient (Wildman–Crippen LogP) is 0.838. The Bertz CT molecular complexity index is 428. The highest BCUT2D eigenvalue weighted by atomic mass is 127. The van der Waals surface area contributed by atoms with Gasteiger partial charge in [-0.15, -0.1) is 24.0 Å². The quantitative estimate of drug-likeness (QED) is 0.431. The molecule has 2 saturated carbocycles. The number of hydrogen-bond donors (Lipinski definition) is 1. The van der Waals surface area contributed by atoms with Crippen molar-refractivity contribution < 1.29 is 8.42 Å². The third kappa shape index (κ3) is 4.56. The van der Waals surface area contributed by atoms with Crippen LogP contribution in [-0.2, 0) is 9.84 Å². The van der Waals surface area contributed by atoms with Crippen LogP contribution < -0.4 is 5.73 Å². The Kier molecular flexibility index (Phi) is 4.91. The van der Waals surface area contributed by atoms with Gasteiger partial charge in [0.1, 0.15) is 9.84 Å². The molecule has 2 aliphatic carbocycles. The molecule has 5 nitrogen and oxygen atoms in total. The molecule has 0 aromatic rings. The highest BCUT2D eigenvalue weighted by molar-refractivity contribution is 14.0. The normalized spacial score (nSPS) is 22.2. The molecule has 0 aliphatic heterocycles. The molecule has 0 atom stereocenters. The zero-order valence-corrected chi connectivity index (χ0v) is 14.1. The van der Waals surface area contributed by atoms with Crippen molar-refractivity contribution in [2.24, 2.45) is 16.1 Å². The zero-order chi connectivity index (χ0) is 12.7. The van der Waals surface area contributed by atoms with Crippen molar-refractivity contribution in [2.75, 3.05) is 25.6 Å². The average molecular weight is 387 g/mol. The van der Waals surface area contributed by atoms with Gasteiger partial charge in [-0.05, 0) is 25.7 Å². The lowest BCUT2D eigenvalue weighted by Crippen LogP contribution is -2.36. The van der Waals surface area contributed by atoms with Crippen LogP contribution in [0.2, 0.25) is 0 Å². The fourth-order valence-corrected chi connectivity index (χ4v) is 3.58. The highest BCUT2D eigenvalue weighted by Gasteiger charge is 2.45. The van der Waals surface area contributed by atoms with Crippen LogP contribution in [0.15, 0.2) is 4.99 Å². The SMILES string of the molecule is CN(C(N)=NCC1(CS(C)(=O)=O)CC1)C1CC1.I. The second kappa shape index (κ2) is 5.52. The van der Waals surface area contributed by atoms with E-state index in [4.69, 9.17) is 5.73 Å². The summed E-state index contributed by atoms with van der Waals surface area (Å²) in [5.74, 6) is 0.788. The molecule has 2 aliphatic rings. The molecule has 0 amide bonds. The molecule has 0 spiro atoms. The molecule has 106 valence electrons. The van der Waals surface area contributed by atoms with Gasteiger partial charge < -0.3 is 10.6 Å². The number of hydrogen-bond acceptors (Lipinski definition) is 3. The van der Waals surface area contributed by atoms with E-state index in [9.17, 15) is 8.42 Å². The summed E-state index contributed by atoms with van der Waals surface area (Å²) in [6, 6.07) is 0.545. The minimum atomic E-state index is -2.92. The van der Waals surface area contributed by atoms with Gasteiger partial charge in [0.05, 0.1) is 5.75 Å². The van der Waals surface area contributed by atoms with Gasteiger partial charge in [0.2, 0.25) is 0 Å². The Labute approximate surface area is 126 Å². The highest BCUT2D eigenvalue weighted by Crippen LogP contribution is 2.46. The van der Waals surface area contributed by atoms with Crippen LogP contribution in [0.1, 0.15) is 25.7 Å². The van der Waals surface area contributed by atoms with Crippen molar-refractivity contribution in [1.29, 1.82) is 0 Å². The summed E-state index contributed by atoms with van der Waals surface area (Å²) in [6.45, 7) is 0.545. The molecular weight excluding hydrogens is 365 g/mol. The fourth-order valence-electron chi connectivity index (χ4n) is 2.09. The number of guanidine groups is 1. The number of halogens is 1. The van der Waals surface area contributed by atoms with E-state index in [0.29, 0.717) is 18.5 Å². The molecule has 0 unspecified atom stereocenters. The summed E-state index contributed by atoms with van der Waals surface area (Å²) in [4.78, 5) is 6.36. The first kappa shape index (κ1) is 16.0. The van der Waals surface area contributed by atoms with Crippen molar-refractivity contribution in [2.45, 2.75) is 31.7 Å². The van der Waals surface area contributed by atoms with Crippen LogP contribution in [0.5, 0.6) is 0 Å². The maximum Gasteiger partial charge on any atom is 0.191 e. The van der Waals surface area contributed by atoms with Crippen LogP contribution in [-0.4, -0.2) is 50.9 Å². The van der Waals surface area contributed by atoms with Gasteiger partial charge in [-0.25, -0.2) is 8.42 Å². The van der Waals surface area contributed by atoms with Crippen molar-refractivity contribution in [3.8, 4) is 0 Å². The van der Waals surface area contributed by atoms with E-state index < -0.39 is 9.84 Å². The lowest BCUT2D eigenvalue weighted by Gasteiger charge is -2.18. The van der Waals surface area contributed by atoms with E-state index in [1.807, 2.05) is 11.9 Å². The van der Waals surface area contributed by atoms with E-state index in [0.717, 1.165) is 12.8 Å². The summed E-state index contributed by atoms with van der Waals surface area (Å²) >= 11 is 0. The summed E-state index contributed by atoms with van der Waals surface area (Å²) < 4.78 is 22.6. The van der Waals surface area contributed by atoms with Crippen molar-refractivity contribution in [3.05, 3.63) is 0 Å². The zero-order valence-electron chi connectivity index (χ0n) is 10.9. The lowest BCUT2D eigenvalue weighted by molar-refractivity contribution is 0.480. The minimum absolute atomic E-state index is 0. The molecule has 7 heteroatoms. The maximum absolute atomic E-state index is 11.3. The van der Waals surface area contributed by atoms with Gasteiger partial charge in [-0.2, -0.15) is 0 Å². The van der Waals surface area contributed by atoms with Crippen LogP contribution >= 0.6 is 24.0 Å². The minimum Gasteiger partial charge on any atom is -0.370 e. The molecule has 2 N–H and O–H groups in total. The molecular formula is C11H22IN3O2S. The van der Waals surface area contributed by atoms with Crippen molar-refractivity contribution in [3.63, 3.8) is 0 Å². The first-order chi connectivity index (χ1) is 7.81. The molecule has 2 rings (SSSR count). The maximum atomic E-state index is 11.3. The average Bonchev–Trinajstić information content (AvgIpc) is 3.05. The Balaban J connectivity index is 0.00000162. The number of sulfone groups is 1. The molecule has 0 bridgehead atoms. The van der Waals surface area contributed by atoms with Gasteiger partial charge in [-0.3, -0.25) is 4.99 Å². The summed E-state index contributed by atoms with van der Waals surface area (Å²) in [6.07, 6.45) is 5.55. The first-order valence-electron chi connectivity index (χ1n) is 6.02. The molecule has 0 saturated heterocycles. The summed E-state index contributed by atoms with van der Waals surface area (Å²) in [5, 5.41) is 0. The largest absolute Gasteiger partial charge is 0.370 e. The second-order valence-electron chi connectivity index (χ2n) is 5.59. The van der Waals surface area contributed by atoms with Crippen LogP contribution in [0.25, 0.3) is 0 Å². The second-order valence-corrected chi connectivity index (χ2v) is 7.73. The molecule has 0 aromatic carbocycles. The number of rotatable bonds is 5. The van der Waals surface area contributed by atoms with Gasteiger partial charge >= 0.3 is 0 Å². The number of nitrogens with zero attached hydrogens (tertiary/aromatic N) is 2. The van der Waals surface area contributed by atoms with Gasteiger partial charge in [0.25, 0.3) is 0 Å². The van der Waals surface area contributed by atoms with Gasteiger partial charge in [0.15, 0.2) is 5.96 Å².